The zero-order chi connectivity index (χ0) is 37.0. The Bertz CT molecular complexity index is 2540. The van der Waals surface area contributed by atoms with Crippen LogP contribution in [0.5, 0.6) is 0 Å². The molecule has 9 rings (SSSR count). The highest BCUT2D eigenvalue weighted by Crippen LogP contribution is 2.56. The number of fused-ring (bicyclic) bond motifs is 2. The van der Waals surface area contributed by atoms with E-state index >= 15 is 0 Å². The summed E-state index contributed by atoms with van der Waals surface area (Å²) in [4.78, 5) is 50.1. The molecule has 2 fully saturated rings. The maximum absolute atomic E-state index is 15.0. The second-order valence-corrected chi connectivity index (χ2v) is 15.9. The predicted molar refractivity (Wildman–Crippen MR) is 197 cm³/mol. The number of amides is 1. The van der Waals surface area contributed by atoms with Crippen LogP contribution in [0.1, 0.15) is 78.7 Å². The van der Waals surface area contributed by atoms with Gasteiger partial charge < -0.3 is 19.4 Å². The standard InChI is InChI=1S/C39H42FN9O4/c1-22-15-27(16-23(2)32(22)40)49-33(47-14-11-41-36(47)51)28-20-45(13-9-29(28)43-49)34(50)31-18-25-17-26(46-12-6-10-38(4,5)21-46)7-8-30(25)48(31)39(19-24(39)3)35-42-37(52)53-44-35/h7-8,11,14-18,24H,6,9-10,12-13,19-21H2,1-5H3,(H,41,51)(H,42,44,52)/t24?,39-/m0/s1. The van der Waals surface area contributed by atoms with E-state index in [4.69, 9.17) is 9.62 Å². The lowest BCUT2D eigenvalue weighted by Crippen LogP contribution is -2.40. The fraction of sp³-hybridized carbons (Fsp3) is 0.410. The summed E-state index contributed by atoms with van der Waals surface area (Å²) in [5.41, 5.74) is 4.58. The van der Waals surface area contributed by atoms with Crippen molar-refractivity contribution in [3.05, 3.63) is 110 Å². The molecule has 6 heterocycles. The first kappa shape index (κ1) is 33.2. The van der Waals surface area contributed by atoms with Crippen molar-refractivity contribution in [2.75, 3.05) is 24.5 Å². The van der Waals surface area contributed by atoms with Crippen LogP contribution in [0.2, 0.25) is 0 Å². The van der Waals surface area contributed by atoms with Crippen molar-refractivity contribution in [1.29, 1.82) is 0 Å². The molecular formula is C39H42FN9O4. The van der Waals surface area contributed by atoms with Crippen molar-refractivity contribution in [2.45, 2.75) is 72.4 Å². The first-order valence-electron chi connectivity index (χ1n) is 18.3. The van der Waals surface area contributed by atoms with Crippen LogP contribution >= 0.6 is 0 Å². The lowest BCUT2D eigenvalue weighted by Gasteiger charge is -2.39. The van der Waals surface area contributed by atoms with Crippen LogP contribution in [-0.2, 0) is 18.5 Å². The summed E-state index contributed by atoms with van der Waals surface area (Å²) >= 11 is 0. The number of anilines is 1. The molecule has 53 heavy (non-hydrogen) atoms. The van der Waals surface area contributed by atoms with Crippen LogP contribution < -0.4 is 16.3 Å². The van der Waals surface area contributed by atoms with Gasteiger partial charge in [0.05, 0.1) is 17.9 Å². The molecule has 1 amide bonds. The number of aromatic amines is 2. The third-order valence-corrected chi connectivity index (χ3v) is 11.6. The number of aromatic nitrogens is 7. The van der Waals surface area contributed by atoms with E-state index in [0.29, 0.717) is 53.5 Å². The molecule has 2 atom stereocenters. The summed E-state index contributed by atoms with van der Waals surface area (Å²) in [5, 5.41) is 10.0. The number of carbonyl (C=O) groups is 1. The molecule has 14 heteroatoms. The first-order valence-corrected chi connectivity index (χ1v) is 18.3. The minimum absolute atomic E-state index is 0.0638. The second-order valence-electron chi connectivity index (χ2n) is 15.9. The molecule has 1 unspecified atom stereocenters. The highest BCUT2D eigenvalue weighted by Gasteiger charge is 2.59. The Kier molecular flexibility index (Phi) is 7.31. The van der Waals surface area contributed by atoms with Gasteiger partial charge in [0.15, 0.2) is 5.82 Å². The maximum atomic E-state index is 15.0. The third-order valence-electron chi connectivity index (χ3n) is 11.6. The molecule has 13 nitrogen and oxygen atoms in total. The fourth-order valence-corrected chi connectivity index (χ4v) is 8.86. The van der Waals surface area contributed by atoms with Crippen LogP contribution in [0.15, 0.2) is 62.9 Å². The molecule has 6 aromatic rings. The van der Waals surface area contributed by atoms with Crippen LogP contribution in [0.25, 0.3) is 22.4 Å². The zero-order valence-corrected chi connectivity index (χ0v) is 30.5. The average Bonchev–Trinajstić information content (AvgIpc) is 3.64. The van der Waals surface area contributed by atoms with Crippen LogP contribution in [-0.4, -0.2) is 64.5 Å². The SMILES string of the molecule is Cc1cc(-n2nc3c(c2-n2cc[nH]c2=O)CN(C(=O)c2cc4cc(N5CCCC(C)(C)C5)ccc4n2[C@@]2(c4noc(=O)[nH]4)CC2C)CC3)cc(C)c1F. The Balaban J connectivity index is 1.16. The molecule has 1 saturated carbocycles. The quantitative estimate of drug-likeness (QED) is 0.237. The van der Waals surface area contributed by atoms with E-state index in [2.05, 4.69) is 59.0 Å². The molecular weight excluding hydrogens is 677 g/mol. The van der Waals surface area contributed by atoms with E-state index in [0.717, 1.165) is 47.4 Å². The smallest absolute Gasteiger partial charge is 0.371 e. The Morgan fingerprint density at radius 2 is 1.83 bits per heavy atom. The van der Waals surface area contributed by atoms with E-state index in [9.17, 15) is 18.8 Å². The molecule has 0 spiro atoms. The maximum Gasteiger partial charge on any atom is 0.438 e. The van der Waals surface area contributed by atoms with Gasteiger partial charge in [-0.25, -0.2) is 18.7 Å². The van der Waals surface area contributed by atoms with Gasteiger partial charge in [-0.05, 0) is 92.0 Å². The summed E-state index contributed by atoms with van der Waals surface area (Å²) in [6.07, 6.45) is 6.59. The number of hydrogen-bond acceptors (Lipinski definition) is 7. The number of nitrogens with zero attached hydrogens (tertiary/aromatic N) is 7. The summed E-state index contributed by atoms with van der Waals surface area (Å²) < 4.78 is 24.9. The molecule has 2 aliphatic heterocycles. The molecule has 274 valence electrons. The number of halogens is 1. The van der Waals surface area contributed by atoms with E-state index in [1.165, 1.54) is 11.0 Å². The molecule has 2 N–H and O–H groups in total. The number of nitrogens with one attached hydrogen (secondary N) is 2. The van der Waals surface area contributed by atoms with Gasteiger partial charge >= 0.3 is 11.4 Å². The number of aryl methyl sites for hydroxylation is 2. The number of imidazole rings is 1. The summed E-state index contributed by atoms with van der Waals surface area (Å²) in [6.45, 7) is 12.6. The highest BCUT2D eigenvalue weighted by molar-refractivity contribution is 6.00. The molecule has 1 aliphatic carbocycles. The van der Waals surface area contributed by atoms with Crippen LogP contribution in [0.3, 0.4) is 0 Å². The van der Waals surface area contributed by atoms with Gasteiger partial charge in [-0.2, -0.15) is 5.10 Å². The molecule has 0 bridgehead atoms. The van der Waals surface area contributed by atoms with Gasteiger partial charge in [0.25, 0.3) is 5.91 Å². The minimum Gasteiger partial charge on any atom is -0.371 e. The number of rotatable bonds is 6. The Hall–Kier alpha value is -5.66. The number of carbonyl (C=O) groups excluding carboxylic acids is 1. The number of benzene rings is 2. The van der Waals surface area contributed by atoms with E-state index in [1.807, 2.05) is 10.6 Å². The van der Waals surface area contributed by atoms with Crippen molar-refractivity contribution in [1.82, 2.24) is 38.9 Å². The van der Waals surface area contributed by atoms with E-state index in [-0.39, 0.29) is 35.3 Å². The highest BCUT2D eigenvalue weighted by atomic mass is 19.1. The van der Waals surface area contributed by atoms with Gasteiger partial charge in [0, 0.05) is 60.6 Å². The average molecular weight is 720 g/mol. The van der Waals surface area contributed by atoms with Crippen molar-refractivity contribution in [3.8, 4) is 11.5 Å². The molecule has 4 aromatic heterocycles. The van der Waals surface area contributed by atoms with Crippen molar-refractivity contribution >= 4 is 22.5 Å². The first-order chi connectivity index (χ1) is 25.3. The van der Waals surface area contributed by atoms with E-state index < -0.39 is 11.3 Å². The predicted octanol–water partition coefficient (Wildman–Crippen LogP) is 5.35. The molecule has 1 saturated heterocycles. The topological polar surface area (TPSA) is 143 Å². The van der Waals surface area contributed by atoms with Crippen molar-refractivity contribution < 1.29 is 13.7 Å². The van der Waals surface area contributed by atoms with Crippen molar-refractivity contribution in [3.63, 3.8) is 0 Å². The van der Waals surface area contributed by atoms with Crippen LogP contribution in [0, 0.1) is 31.0 Å². The summed E-state index contributed by atoms with van der Waals surface area (Å²) in [6, 6.07) is 11.8. The number of piperidine rings is 1. The largest absolute Gasteiger partial charge is 0.438 e. The van der Waals surface area contributed by atoms with Gasteiger partial charge in [-0.3, -0.25) is 18.9 Å². The van der Waals surface area contributed by atoms with Gasteiger partial charge in [0.1, 0.15) is 22.9 Å². The monoisotopic (exact) mass is 719 g/mol. The van der Waals surface area contributed by atoms with Crippen LogP contribution in [0.4, 0.5) is 10.1 Å². The third kappa shape index (κ3) is 5.20. The second kappa shape index (κ2) is 11.7. The van der Waals surface area contributed by atoms with Gasteiger partial charge in [-0.15, -0.1) is 0 Å². The Morgan fingerprint density at radius 3 is 2.49 bits per heavy atom. The zero-order valence-electron chi connectivity index (χ0n) is 30.5. The van der Waals surface area contributed by atoms with Gasteiger partial charge in [0.2, 0.25) is 0 Å². The molecule has 3 aliphatic rings. The summed E-state index contributed by atoms with van der Waals surface area (Å²) in [5.74, 6) is -0.167. The molecule has 2 aromatic carbocycles. The van der Waals surface area contributed by atoms with Crippen molar-refractivity contribution in [2.24, 2.45) is 11.3 Å². The Morgan fingerprint density at radius 1 is 1.06 bits per heavy atom. The molecule has 0 radical (unpaired) electrons. The number of H-pyrrole nitrogens is 2. The lowest BCUT2D eigenvalue weighted by atomic mass is 9.84. The minimum atomic E-state index is -0.777. The van der Waals surface area contributed by atoms with E-state index in [1.54, 1.807) is 48.0 Å². The fourth-order valence-electron chi connectivity index (χ4n) is 8.86. The summed E-state index contributed by atoms with van der Waals surface area (Å²) in [7, 11) is 0. The number of hydrogen-bond donors (Lipinski definition) is 2. The normalized spacial score (nSPS) is 21.0. The Labute approximate surface area is 304 Å². The van der Waals surface area contributed by atoms with Gasteiger partial charge in [-0.1, -0.05) is 25.9 Å². The lowest BCUT2D eigenvalue weighted by molar-refractivity contribution is 0.0721.